The van der Waals surface area contributed by atoms with Gasteiger partial charge in [0.15, 0.2) is 0 Å². The summed E-state index contributed by atoms with van der Waals surface area (Å²) in [6.07, 6.45) is 0.781. The van der Waals surface area contributed by atoms with E-state index < -0.39 is 7.82 Å². The van der Waals surface area contributed by atoms with Crippen LogP contribution in [0.1, 0.15) is 0 Å². The van der Waals surface area contributed by atoms with Crippen molar-refractivity contribution >= 4 is 7.82 Å². The second kappa shape index (κ2) is 2.62. The average Bonchev–Trinajstić information content (AvgIpc) is 1.67. The first-order valence-corrected chi connectivity index (χ1v) is 2.83. The Kier molecular flexibility index (Phi) is 2.42. The number of hydrogen-bond donors (Lipinski definition) is 1. The summed E-state index contributed by atoms with van der Waals surface area (Å²) in [7, 11) is -4.70. The van der Waals surface area contributed by atoms with Gasteiger partial charge in [0.05, 0.1) is 0 Å². The van der Waals surface area contributed by atoms with Gasteiger partial charge in [-0.2, -0.15) is 0 Å². The molecule has 0 fully saturated rings. The fourth-order valence-electron chi connectivity index (χ4n) is 0.0657. The van der Waals surface area contributed by atoms with Crippen LogP contribution >= 0.6 is 7.82 Å². The van der Waals surface area contributed by atoms with Crippen molar-refractivity contribution < 1.29 is 23.2 Å². The van der Waals surface area contributed by atoms with Crippen molar-refractivity contribution in [3.05, 3.63) is 0 Å². The zero-order valence-corrected chi connectivity index (χ0v) is 4.34. The molecule has 0 aliphatic heterocycles. The quantitative estimate of drug-likeness (QED) is 0.447. The molecule has 0 aromatic rings. The third-order valence-corrected chi connectivity index (χ3v) is 0.730. The van der Waals surface area contributed by atoms with Crippen molar-refractivity contribution in [1.82, 2.24) is 0 Å². The number of nitriles is 1. The summed E-state index contributed by atoms with van der Waals surface area (Å²) in [5.74, 6) is 0. The Hall–Kier alpha value is -0.630. The van der Waals surface area contributed by atoms with Crippen LogP contribution in [0, 0.1) is 11.5 Å². The lowest BCUT2D eigenvalue weighted by molar-refractivity contribution is -0.0392. The fourth-order valence-corrected chi connectivity index (χ4v) is 0.197. The van der Waals surface area contributed by atoms with Crippen LogP contribution in [0.25, 0.3) is 0 Å². The first-order chi connectivity index (χ1) is 3.62. The molecule has 7 heteroatoms. The van der Waals surface area contributed by atoms with E-state index in [0.29, 0.717) is 0 Å². The Balaban J connectivity index is 3.78. The topological polar surface area (TPSA) is 79.5 Å². The number of hydrogen-bond acceptors (Lipinski definition) is 4. The number of phosphoric acid groups is 1. The van der Waals surface area contributed by atoms with Crippen LogP contribution in [0.2, 0.25) is 0 Å². The van der Waals surface area contributed by atoms with E-state index >= 15 is 0 Å². The molecule has 0 saturated heterocycles. The van der Waals surface area contributed by atoms with E-state index in [4.69, 9.17) is 10.2 Å². The summed E-state index contributed by atoms with van der Waals surface area (Å²) in [6, 6.07) is 0. The lowest BCUT2D eigenvalue weighted by Gasteiger charge is -1.94. The largest absolute Gasteiger partial charge is 0.569 e. The molecule has 8 heavy (non-hydrogen) atoms. The van der Waals surface area contributed by atoms with Crippen LogP contribution < -0.4 is 0 Å². The second-order valence-corrected chi connectivity index (χ2v) is 1.98. The molecule has 0 bridgehead atoms. The van der Waals surface area contributed by atoms with Crippen molar-refractivity contribution in [2.45, 2.75) is 0 Å². The van der Waals surface area contributed by atoms with E-state index in [-0.39, 0.29) is 0 Å². The predicted octanol–water partition coefficient (Wildman–Crippen LogP) is 0.486. The van der Waals surface area contributed by atoms with Gasteiger partial charge in [0.2, 0.25) is 0 Å². The van der Waals surface area contributed by atoms with Gasteiger partial charge in [-0.25, -0.2) is 4.57 Å². The molecule has 5 nitrogen and oxygen atoms in total. The Bertz CT molecular complexity index is 151. The maximum Gasteiger partial charge on any atom is 0.569 e. The van der Waals surface area contributed by atoms with Gasteiger partial charge >= 0.3 is 7.82 Å². The number of nitrogens with zero attached hydrogens (tertiary/aromatic N) is 1. The normalized spacial score (nSPS) is 16.1. The summed E-state index contributed by atoms with van der Waals surface area (Å²) < 4.78 is 25.9. The molecule has 0 aromatic carbocycles. The molecular formula is CHFNO4P. The summed E-state index contributed by atoms with van der Waals surface area (Å²) in [5, 5.41) is 7.48. The molecule has 0 saturated carbocycles. The highest BCUT2D eigenvalue weighted by Crippen LogP contribution is 2.42. The van der Waals surface area contributed by atoms with Gasteiger partial charge in [0.25, 0.3) is 6.26 Å². The molecule has 0 radical (unpaired) electrons. The van der Waals surface area contributed by atoms with Crippen LogP contribution in [0.5, 0.6) is 0 Å². The number of phosphoric ester groups is 1. The predicted molar refractivity (Wildman–Crippen MR) is 18.7 cm³/mol. The smallest absolute Gasteiger partial charge is 0.326 e. The zero-order chi connectivity index (χ0) is 6.62. The third kappa shape index (κ3) is 2.53. The highest BCUT2D eigenvalue weighted by Gasteiger charge is 2.22. The minimum atomic E-state index is -4.70. The summed E-state index contributed by atoms with van der Waals surface area (Å²) in [5.41, 5.74) is 0. The van der Waals surface area contributed by atoms with Gasteiger partial charge in [0.1, 0.15) is 0 Å². The van der Waals surface area contributed by atoms with Crippen LogP contribution in [-0.4, -0.2) is 4.89 Å². The summed E-state index contributed by atoms with van der Waals surface area (Å²) in [6.45, 7) is 0. The first kappa shape index (κ1) is 7.37. The zero-order valence-electron chi connectivity index (χ0n) is 3.44. The molecule has 0 aliphatic carbocycles. The van der Waals surface area contributed by atoms with Crippen LogP contribution in [0.4, 0.5) is 4.53 Å². The molecule has 0 aromatic heterocycles. The Morgan fingerprint density at radius 1 is 1.88 bits per heavy atom. The minimum absolute atomic E-state index is 0.781. The Morgan fingerprint density at radius 3 is 2.50 bits per heavy atom. The molecule has 0 heterocycles. The van der Waals surface area contributed by atoms with Crippen molar-refractivity contribution in [3.8, 4) is 6.26 Å². The molecule has 1 N–H and O–H groups in total. The van der Waals surface area contributed by atoms with Crippen molar-refractivity contribution in [3.63, 3.8) is 0 Å². The van der Waals surface area contributed by atoms with E-state index in [1.165, 1.54) is 0 Å². The van der Waals surface area contributed by atoms with Gasteiger partial charge in [-0.1, -0.05) is 4.73 Å². The first-order valence-electron chi connectivity index (χ1n) is 1.33. The number of halogens is 1. The minimum Gasteiger partial charge on any atom is -0.326 e. The lowest BCUT2D eigenvalue weighted by Crippen LogP contribution is -1.79. The van der Waals surface area contributed by atoms with Gasteiger partial charge in [0, 0.05) is 0 Å². The summed E-state index contributed by atoms with van der Waals surface area (Å²) in [4.78, 5) is 7.84. The fraction of sp³-hybridized carbons (Fsp3) is 0. The van der Waals surface area contributed by atoms with E-state index in [1.54, 1.807) is 0 Å². The molecule has 1 atom stereocenters. The summed E-state index contributed by atoms with van der Waals surface area (Å²) >= 11 is 0. The molecule has 0 amide bonds. The Labute approximate surface area is 43.8 Å². The second-order valence-electron chi connectivity index (χ2n) is 0.720. The molecule has 0 spiro atoms. The van der Waals surface area contributed by atoms with Crippen LogP contribution in [0.3, 0.4) is 0 Å². The molecule has 0 rings (SSSR count). The SMILES string of the molecule is N#COP(=O)(O)OF. The Morgan fingerprint density at radius 2 is 2.38 bits per heavy atom. The average molecular weight is 141 g/mol. The van der Waals surface area contributed by atoms with Gasteiger partial charge < -0.3 is 4.52 Å². The van der Waals surface area contributed by atoms with Crippen molar-refractivity contribution in [2.75, 3.05) is 0 Å². The number of rotatable bonds is 2. The van der Waals surface area contributed by atoms with Crippen molar-refractivity contribution in [1.29, 1.82) is 5.26 Å². The monoisotopic (exact) mass is 141 g/mol. The maximum absolute atomic E-state index is 10.7. The highest BCUT2D eigenvalue weighted by atomic mass is 31.2. The van der Waals surface area contributed by atoms with Gasteiger partial charge in [-0.05, 0) is 4.53 Å². The molecule has 0 aliphatic rings. The van der Waals surface area contributed by atoms with E-state index in [9.17, 15) is 9.09 Å². The lowest BCUT2D eigenvalue weighted by atomic mass is 11.6. The van der Waals surface area contributed by atoms with Crippen molar-refractivity contribution in [2.24, 2.45) is 0 Å². The van der Waals surface area contributed by atoms with Crippen LogP contribution in [-0.2, 0) is 13.8 Å². The van der Waals surface area contributed by atoms with E-state index in [1.807, 2.05) is 0 Å². The molecule has 46 valence electrons. The van der Waals surface area contributed by atoms with E-state index in [0.717, 1.165) is 6.26 Å². The van der Waals surface area contributed by atoms with E-state index in [2.05, 4.69) is 9.25 Å². The molecule has 1 unspecified atom stereocenters. The van der Waals surface area contributed by atoms with Gasteiger partial charge in [-0.3, -0.25) is 4.89 Å². The standard InChI is InChI=1S/CHFNO4P/c2-7-8(4,5)6-1-3/h(H,4,5). The maximum atomic E-state index is 10.7. The van der Waals surface area contributed by atoms with Crippen LogP contribution in [0.15, 0.2) is 0 Å². The molecular weight excluding hydrogens is 140 g/mol. The highest BCUT2D eigenvalue weighted by molar-refractivity contribution is 7.47. The third-order valence-electron chi connectivity index (χ3n) is 0.243. The van der Waals surface area contributed by atoms with Gasteiger partial charge in [-0.15, -0.1) is 5.26 Å².